The lowest BCUT2D eigenvalue weighted by molar-refractivity contribution is 0.144. The SMILES string of the molecule is N[C@@H](Cc1ccccc1)[C@@H](O)Cc1ccccc1. The van der Waals surface area contributed by atoms with Crippen LogP contribution < -0.4 is 5.73 Å². The van der Waals surface area contributed by atoms with Gasteiger partial charge in [-0.25, -0.2) is 0 Å². The average Bonchev–Trinajstić information content (AvgIpc) is 2.41. The molecule has 2 heteroatoms. The first-order valence-electron chi connectivity index (χ1n) is 6.27. The van der Waals surface area contributed by atoms with Gasteiger partial charge < -0.3 is 10.8 Å². The molecule has 0 spiro atoms. The van der Waals surface area contributed by atoms with Crippen molar-refractivity contribution >= 4 is 0 Å². The molecule has 0 radical (unpaired) electrons. The van der Waals surface area contributed by atoms with E-state index in [0.29, 0.717) is 12.8 Å². The number of aliphatic hydroxyl groups is 1. The maximum Gasteiger partial charge on any atom is 0.0734 e. The second-order valence-corrected chi connectivity index (χ2v) is 4.61. The van der Waals surface area contributed by atoms with Crippen molar-refractivity contribution in [1.82, 2.24) is 0 Å². The van der Waals surface area contributed by atoms with Crippen LogP contribution in [0.2, 0.25) is 0 Å². The smallest absolute Gasteiger partial charge is 0.0734 e. The lowest BCUT2D eigenvalue weighted by Crippen LogP contribution is -2.38. The van der Waals surface area contributed by atoms with Crippen LogP contribution in [0.25, 0.3) is 0 Å². The van der Waals surface area contributed by atoms with Crippen LogP contribution in [-0.4, -0.2) is 17.3 Å². The predicted molar refractivity (Wildman–Crippen MR) is 74.3 cm³/mol. The highest BCUT2D eigenvalue weighted by molar-refractivity contribution is 5.18. The van der Waals surface area contributed by atoms with Crippen LogP contribution in [0.4, 0.5) is 0 Å². The molecule has 3 N–H and O–H groups in total. The van der Waals surface area contributed by atoms with Gasteiger partial charge in [0.15, 0.2) is 0 Å². The molecule has 2 rings (SSSR count). The van der Waals surface area contributed by atoms with Gasteiger partial charge in [-0.3, -0.25) is 0 Å². The molecule has 2 aromatic rings. The van der Waals surface area contributed by atoms with Gasteiger partial charge in [0.05, 0.1) is 6.10 Å². The number of hydrogen-bond donors (Lipinski definition) is 2. The fourth-order valence-corrected chi connectivity index (χ4v) is 2.03. The monoisotopic (exact) mass is 241 g/mol. The largest absolute Gasteiger partial charge is 0.391 e. The van der Waals surface area contributed by atoms with Crippen molar-refractivity contribution in [2.75, 3.05) is 0 Å². The lowest BCUT2D eigenvalue weighted by Gasteiger charge is -2.19. The molecule has 0 saturated heterocycles. The second kappa shape index (κ2) is 6.34. The van der Waals surface area contributed by atoms with Gasteiger partial charge in [0.25, 0.3) is 0 Å². The van der Waals surface area contributed by atoms with Gasteiger partial charge in [0.1, 0.15) is 0 Å². The van der Waals surface area contributed by atoms with Crippen molar-refractivity contribution in [3.05, 3.63) is 71.8 Å². The molecule has 0 aliphatic heterocycles. The molecule has 2 nitrogen and oxygen atoms in total. The van der Waals surface area contributed by atoms with E-state index in [4.69, 9.17) is 5.73 Å². The second-order valence-electron chi connectivity index (χ2n) is 4.61. The summed E-state index contributed by atoms with van der Waals surface area (Å²) >= 11 is 0. The minimum absolute atomic E-state index is 0.229. The van der Waals surface area contributed by atoms with E-state index in [2.05, 4.69) is 0 Å². The molecule has 2 atom stereocenters. The fourth-order valence-electron chi connectivity index (χ4n) is 2.03. The summed E-state index contributed by atoms with van der Waals surface area (Å²) in [6.07, 6.45) is 0.802. The number of hydrogen-bond acceptors (Lipinski definition) is 2. The normalized spacial score (nSPS) is 14.1. The minimum Gasteiger partial charge on any atom is -0.391 e. The highest BCUT2D eigenvalue weighted by Gasteiger charge is 2.15. The first-order valence-corrected chi connectivity index (χ1v) is 6.27. The molecular formula is C16H19NO. The molecule has 2 aromatic carbocycles. The Morgan fingerprint density at radius 3 is 1.72 bits per heavy atom. The number of aliphatic hydroxyl groups excluding tert-OH is 1. The Labute approximate surface area is 108 Å². The van der Waals surface area contributed by atoms with Crippen molar-refractivity contribution in [1.29, 1.82) is 0 Å². The maximum atomic E-state index is 10.1. The third-order valence-corrected chi connectivity index (χ3v) is 3.10. The van der Waals surface area contributed by atoms with E-state index < -0.39 is 6.10 Å². The van der Waals surface area contributed by atoms with E-state index in [1.165, 1.54) is 0 Å². The number of rotatable bonds is 5. The molecule has 0 saturated carbocycles. The average molecular weight is 241 g/mol. The Morgan fingerprint density at radius 1 is 0.778 bits per heavy atom. The molecule has 94 valence electrons. The van der Waals surface area contributed by atoms with E-state index in [0.717, 1.165) is 11.1 Å². The highest BCUT2D eigenvalue weighted by atomic mass is 16.3. The molecule has 0 fully saturated rings. The van der Waals surface area contributed by atoms with Crippen LogP contribution in [0.5, 0.6) is 0 Å². The number of benzene rings is 2. The molecule has 18 heavy (non-hydrogen) atoms. The third kappa shape index (κ3) is 3.69. The van der Waals surface area contributed by atoms with Crippen molar-refractivity contribution in [2.24, 2.45) is 5.73 Å². The molecule has 0 heterocycles. The van der Waals surface area contributed by atoms with Crippen LogP contribution in [0.15, 0.2) is 60.7 Å². The molecule has 0 aromatic heterocycles. The zero-order valence-corrected chi connectivity index (χ0v) is 10.4. The van der Waals surface area contributed by atoms with Gasteiger partial charge in [0, 0.05) is 6.04 Å². The fraction of sp³-hybridized carbons (Fsp3) is 0.250. The van der Waals surface area contributed by atoms with Gasteiger partial charge in [0.2, 0.25) is 0 Å². The van der Waals surface area contributed by atoms with Crippen LogP contribution >= 0.6 is 0 Å². The summed E-state index contributed by atoms with van der Waals surface area (Å²) in [6.45, 7) is 0. The molecule has 0 aliphatic rings. The Balaban J connectivity index is 1.91. The Hall–Kier alpha value is -1.64. The summed E-state index contributed by atoms with van der Waals surface area (Å²) < 4.78 is 0. The Morgan fingerprint density at radius 2 is 1.22 bits per heavy atom. The minimum atomic E-state index is -0.507. The van der Waals surface area contributed by atoms with Crippen molar-refractivity contribution in [3.63, 3.8) is 0 Å². The molecule has 0 bridgehead atoms. The third-order valence-electron chi connectivity index (χ3n) is 3.10. The summed E-state index contributed by atoms with van der Waals surface area (Å²) in [5, 5.41) is 10.1. The van der Waals surface area contributed by atoms with E-state index >= 15 is 0 Å². The molecule has 0 aliphatic carbocycles. The first kappa shape index (κ1) is 12.8. The van der Waals surface area contributed by atoms with Crippen LogP contribution in [0, 0.1) is 0 Å². The van der Waals surface area contributed by atoms with Gasteiger partial charge >= 0.3 is 0 Å². The van der Waals surface area contributed by atoms with E-state index in [9.17, 15) is 5.11 Å². The van der Waals surface area contributed by atoms with Gasteiger partial charge in [-0.2, -0.15) is 0 Å². The van der Waals surface area contributed by atoms with Crippen LogP contribution in [-0.2, 0) is 12.8 Å². The Bertz CT molecular complexity index is 410. The van der Waals surface area contributed by atoms with Gasteiger partial charge in [-0.05, 0) is 24.0 Å². The van der Waals surface area contributed by atoms with Crippen molar-refractivity contribution < 1.29 is 5.11 Å². The van der Waals surface area contributed by atoms with Crippen LogP contribution in [0.1, 0.15) is 11.1 Å². The summed E-state index contributed by atoms with van der Waals surface area (Å²) in [6, 6.07) is 19.8. The zero-order valence-electron chi connectivity index (χ0n) is 10.4. The molecular weight excluding hydrogens is 222 g/mol. The van der Waals surface area contributed by atoms with Gasteiger partial charge in [-0.15, -0.1) is 0 Å². The topological polar surface area (TPSA) is 46.2 Å². The number of nitrogens with two attached hydrogens (primary N) is 1. The Kier molecular flexibility index (Phi) is 4.51. The van der Waals surface area contributed by atoms with E-state index in [1.54, 1.807) is 0 Å². The summed E-state index contributed by atoms with van der Waals surface area (Å²) in [5.74, 6) is 0. The van der Waals surface area contributed by atoms with Gasteiger partial charge in [-0.1, -0.05) is 60.7 Å². The summed E-state index contributed by atoms with van der Waals surface area (Å²) in [4.78, 5) is 0. The predicted octanol–water partition coefficient (Wildman–Crippen LogP) is 2.16. The van der Waals surface area contributed by atoms with Crippen molar-refractivity contribution in [3.8, 4) is 0 Å². The van der Waals surface area contributed by atoms with E-state index in [-0.39, 0.29) is 6.04 Å². The maximum absolute atomic E-state index is 10.1. The quantitative estimate of drug-likeness (QED) is 0.842. The molecule has 0 amide bonds. The standard InChI is InChI=1S/C16H19NO/c17-15(11-13-7-3-1-4-8-13)16(18)12-14-9-5-2-6-10-14/h1-10,15-16,18H,11-12,17H2/t15-,16-/m0/s1. The van der Waals surface area contributed by atoms with E-state index in [1.807, 2.05) is 60.7 Å². The van der Waals surface area contributed by atoms with Crippen molar-refractivity contribution in [2.45, 2.75) is 25.0 Å². The lowest BCUT2D eigenvalue weighted by atomic mass is 9.97. The summed E-state index contributed by atoms with van der Waals surface area (Å²) in [5.41, 5.74) is 8.33. The van der Waals surface area contributed by atoms with Crippen LogP contribution in [0.3, 0.4) is 0 Å². The highest BCUT2D eigenvalue weighted by Crippen LogP contribution is 2.09. The molecule has 0 unspecified atom stereocenters. The first-order chi connectivity index (χ1) is 8.75. The zero-order chi connectivity index (χ0) is 12.8. The summed E-state index contributed by atoms with van der Waals surface area (Å²) in [7, 11) is 0.